The number of fused-ring (bicyclic) bond motifs is 1. The van der Waals surface area contributed by atoms with Crippen molar-refractivity contribution in [1.82, 2.24) is 16.2 Å². The fourth-order valence-electron chi connectivity index (χ4n) is 3.92. The summed E-state index contributed by atoms with van der Waals surface area (Å²) in [5.74, 6) is -0.312. The van der Waals surface area contributed by atoms with Crippen molar-refractivity contribution in [3.8, 4) is 0 Å². The molecular formula is C20H29N3O3. The fraction of sp³-hybridized carbons (Fsp3) is 0.600. The first-order valence-electron chi connectivity index (χ1n) is 9.64. The fourth-order valence-corrected chi connectivity index (χ4v) is 3.92. The van der Waals surface area contributed by atoms with Crippen LogP contribution in [0, 0.1) is 5.92 Å². The Labute approximate surface area is 155 Å². The third-order valence-corrected chi connectivity index (χ3v) is 5.39. The van der Waals surface area contributed by atoms with Crippen LogP contribution in [0.4, 0.5) is 0 Å². The van der Waals surface area contributed by atoms with E-state index < -0.39 is 0 Å². The van der Waals surface area contributed by atoms with E-state index in [1.165, 1.54) is 12.0 Å². The third kappa shape index (κ3) is 5.05. The van der Waals surface area contributed by atoms with E-state index >= 15 is 0 Å². The zero-order valence-corrected chi connectivity index (χ0v) is 15.4. The van der Waals surface area contributed by atoms with E-state index in [2.05, 4.69) is 28.3 Å². The molecule has 3 rings (SSSR count). The quantitative estimate of drug-likeness (QED) is 0.646. The Bertz CT molecular complexity index is 608. The van der Waals surface area contributed by atoms with Gasteiger partial charge in [0, 0.05) is 18.0 Å². The highest BCUT2D eigenvalue weighted by molar-refractivity contribution is 5.82. The second-order valence-corrected chi connectivity index (χ2v) is 7.42. The number of nitrogens with one attached hydrogen (secondary N) is 3. The summed E-state index contributed by atoms with van der Waals surface area (Å²) in [6.45, 7) is 1.75. The highest BCUT2D eigenvalue weighted by atomic mass is 16.5. The van der Waals surface area contributed by atoms with Gasteiger partial charge in [-0.3, -0.25) is 15.0 Å². The minimum absolute atomic E-state index is 0.0374. The largest absolute Gasteiger partial charge is 0.454 e. The number of hydrogen-bond donors (Lipinski definition) is 3. The molecule has 6 nitrogen and oxygen atoms in total. The number of esters is 1. The Kier molecular flexibility index (Phi) is 6.63. The Morgan fingerprint density at radius 1 is 1.19 bits per heavy atom. The number of carbonyl (C=O) groups excluding carboxylic acids is 2. The molecule has 1 aliphatic carbocycles. The highest BCUT2D eigenvalue weighted by Gasteiger charge is 2.41. The molecule has 1 amide bonds. The molecule has 1 aromatic carbocycles. The van der Waals surface area contributed by atoms with Crippen molar-refractivity contribution in [2.24, 2.45) is 5.92 Å². The van der Waals surface area contributed by atoms with Crippen LogP contribution in [0.2, 0.25) is 0 Å². The lowest BCUT2D eigenvalue weighted by molar-refractivity contribution is -0.151. The summed E-state index contributed by atoms with van der Waals surface area (Å²) in [4.78, 5) is 24.3. The van der Waals surface area contributed by atoms with Crippen molar-refractivity contribution >= 4 is 11.9 Å². The average molecular weight is 359 g/mol. The van der Waals surface area contributed by atoms with Gasteiger partial charge >= 0.3 is 5.97 Å². The number of aryl methyl sites for hydroxylation is 1. The molecule has 1 aliphatic heterocycles. The Balaban J connectivity index is 1.36. The van der Waals surface area contributed by atoms with Gasteiger partial charge in [0.2, 0.25) is 0 Å². The van der Waals surface area contributed by atoms with Gasteiger partial charge in [0.15, 0.2) is 6.61 Å². The molecule has 4 atom stereocenters. The van der Waals surface area contributed by atoms with Crippen LogP contribution >= 0.6 is 0 Å². The number of carbonyl (C=O) groups is 2. The minimum atomic E-state index is -0.344. The van der Waals surface area contributed by atoms with Crippen molar-refractivity contribution in [2.45, 2.75) is 63.6 Å². The predicted octanol–water partition coefficient (Wildman–Crippen LogP) is 1.70. The van der Waals surface area contributed by atoms with Crippen LogP contribution in [0.5, 0.6) is 0 Å². The number of benzene rings is 1. The monoisotopic (exact) mass is 359 g/mol. The van der Waals surface area contributed by atoms with Gasteiger partial charge in [0.1, 0.15) is 6.04 Å². The van der Waals surface area contributed by atoms with Gasteiger partial charge in [-0.15, -0.1) is 0 Å². The molecule has 0 radical (unpaired) electrons. The number of hydrazine groups is 1. The lowest BCUT2D eigenvalue weighted by atomic mass is 9.82. The highest BCUT2D eigenvalue weighted by Crippen LogP contribution is 2.30. The molecule has 6 heteroatoms. The van der Waals surface area contributed by atoms with E-state index in [0.717, 1.165) is 32.1 Å². The summed E-state index contributed by atoms with van der Waals surface area (Å²) in [6, 6.07) is 10.2. The molecule has 0 spiro atoms. The Morgan fingerprint density at radius 2 is 1.96 bits per heavy atom. The van der Waals surface area contributed by atoms with Crippen molar-refractivity contribution in [3.05, 3.63) is 35.9 Å². The molecule has 0 bridgehead atoms. The van der Waals surface area contributed by atoms with Crippen molar-refractivity contribution < 1.29 is 14.3 Å². The molecule has 26 heavy (non-hydrogen) atoms. The first kappa shape index (κ1) is 18.9. The molecule has 3 N–H and O–H groups in total. The number of hydrogen-bond acceptors (Lipinski definition) is 5. The van der Waals surface area contributed by atoms with Gasteiger partial charge in [-0.2, -0.15) is 0 Å². The lowest BCUT2D eigenvalue weighted by Gasteiger charge is -2.26. The van der Waals surface area contributed by atoms with E-state index in [0.29, 0.717) is 6.04 Å². The summed E-state index contributed by atoms with van der Waals surface area (Å²) < 4.78 is 5.25. The second kappa shape index (κ2) is 9.14. The van der Waals surface area contributed by atoms with Crippen LogP contribution < -0.4 is 16.2 Å². The van der Waals surface area contributed by atoms with Gasteiger partial charge < -0.3 is 10.1 Å². The molecule has 2 aliphatic rings. The number of rotatable bonds is 7. The van der Waals surface area contributed by atoms with E-state index in [4.69, 9.17) is 4.74 Å². The summed E-state index contributed by atoms with van der Waals surface area (Å²) in [6.07, 6.45) is 6.20. The van der Waals surface area contributed by atoms with E-state index in [1.54, 1.807) is 0 Å². The van der Waals surface area contributed by atoms with Gasteiger partial charge in [-0.1, -0.05) is 43.2 Å². The normalized spacial score (nSPS) is 26.0. The van der Waals surface area contributed by atoms with Crippen LogP contribution in [0.1, 0.15) is 44.6 Å². The summed E-state index contributed by atoms with van der Waals surface area (Å²) >= 11 is 0. The molecule has 4 unspecified atom stereocenters. The SMILES string of the molecule is CC(CCc1ccccc1)NC(=O)COC(=O)C1NNC2CCCCC21. The molecule has 0 aromatic heterocycles. The maximum absolute atomic E-state index is 12.3. The van der Waals surface area contributed by atoms with Crippen molar-refractivity contribution in [2.75, 3.05) is 6.61 Å². The molecule has 1 saturated carbocycles. The number of amides is 1. The van der Waals surface area contributed by atoms with E-state index in [-0.39, 0.29) is 36.5 Å². The minimum Gasteiger partial charge on any atom is -0.454 e. The Hall–Kier alpha value is -1.92. The predicted molar refractivity (Wildman–Crippen MR) is 99.1 cm³/mol. The van der Waals surface area contributed by atoms with Gasteiger partial charge in [0.05, 0.1) is 0 Å². The van der Waals surface area contributed by atoms with Crippen LogP contribution in [0.3, 0.4) is 0 Å². The van der Waals surface area contributed by atoms with Crippen LogP contribution in [-0.4, -0.2) is 36.6 Å². The summed E-state index contributed by atoms with van der Waals surface area (Å²) in [5.41, 5.74) is 7.49. The van der Waals surface area contributed by atoms with Crippen LogP contribution in [-0.2, 0) is 20.7 Å². The molecule has 1 aromatic rings. The lowest BCUT2D eigenvalue weighted by Crippen LogP contribution is -2.42. The van der Waals surface area contributed by atoms with Crippen molar-refractivity contribution in [1.29, 1.82) is 0 Å². The van der Waals surface area contributed by atoms with Gasteiger partial charge in [0.25, 0.3) is 5.91 Å². The topological polar surface area (TPSA) is 79.5 Å². The maximum atomic E-state index is 12.3. The van der Waals surface area contributed by atoms with Gasteiger partial charge in [-0.25, -0.2) is 5.43 Å². The zero-order chi connectivity index (χ0) is 18.4. The van der Waals surface area contributed by atoms with Gasteiger partial charge in [-0.05, 0) is 38.2 Å². The van der Waals surface area contributed by atoms with Crippen LogP contribution in [0.15, 0.2) is 30.3 Å². The second-order valence-electron chi connectivity index (χ2n) is 7.42. The average Bonchev–Trinajstić information content (AvgIpc) is 3.09. The van der Waals surface area contributed by atoms with Crippen molar-refractivity contribution in [3.63, 3.8) is 0 Å². The molecular weight excluding hydrogens is 330 g/mol. The Morgan fingerprint density at radius 3 is 2.77 bits per heavy atom. The summed E-state index contributed by atoms with van der Waals surface area (Å²) in [5, 5.41) is 2.90. The third-order valence-electron chi connectivity index (χ3n) is 5.39. The molecule has 2 fully saturated rings. The smallest absolute Gasteiger partial charge is 0.325 e. The first-order chi connectivity index (χ1) is 12.6. The van der Waals surface area contributed by atoms with E-state index in [1.807, 2.05) is 25.1 Å². The first-order valence-corrected chi connectivity index (χ1v) is 9.64. The molecule has 1 heterocycles. The zero-order valence-electron chi connectivity index (χ0n) is 15.4. The summed E-state index contributed by atoms with van der Waals surface area (Å²) in [7, 11) is 0. The maximum Gasteiger partial charge on any atom is 0.325 e. The van der Waals surface area contributed by atoms with Crippen LogP contribution in [0.25, 0.3) is 0 Å². The standard InChI is InChI=1S/C20H29N3O3/c1-14(11-12-15-7-3-2-4-8-15)21-18(24)13-26-20(25)19-16-9-5-6-10-17(16)22-23-19/h2-4,7-8,14,16-17,19,22-23H,5-6,9-13H2,1H3,(H,21,24). The van der Waals surface area contributed by atoms with E-state index in [9.17, 15) is 9.59 Å². The molecule has 1 saturated heterocycles. The number of ether oxygens (including phenoxy) is 1. The molecule has 142 valence electrons.